The molecule has 0 aliphatic carbocycles. The van der Waals surface area contributed by atoms with Crippen LogP contribution in [0.25, 0.3) is 0 Å². The second-order valence-corrected chi connectivity index (χ2v) is 5.58. The van der Waals surface area contributed by atoms with Gasteiger partial charge in [-0.3, -0.25) is 0 Å². The van der Waals surface area contributed by atoms with Crippen molar-refractivity contribution in [3.05, 3.63) is 11.7 Å². The molecule has 1 aromatic heterocycles. The van der Waals surface area contributed by atoms with Crippen LogP contribution in [-0.4, -0.2) is 43.6 Å². The second kappa shape index (κ2) is 10.7. The monoisotopic (exact) mass is 299 g/mol. The minimum Gasteiger partial charge on any atom is -0.382 e. The molecular formula is C15H29N3O3. The number of methoxy groups -OCH3 is 1. The Labute approximate surface area is 127 Å². The number of rotatable bonds is 12. The zero-order valence-electron chi connectivity index (χ0n) is 13.5. The highest BCUT2D eigenvalue weighted by molar-refractivity contribution is 4.87. The summed E-state index contributed by atoms with van der Waals surface area (Å²) in [5.74, 6) is 2.67. The van der Waals surface area contributed by atoms with Gasteiger partial charge in [0.15, 0.2) is 5.82 Å². The Morgan fingerprint density at radius 2 is 1.95 bits per heavy atom. The number of aryl methyl sites for hydroxylation is 1. The molecule has 1 rings (SSSR count). The van der Waals surface area contributed by atoms with E-state index in [-0.39, 0.29) is 0 Å². The van der Waals surface area contributed by atoms with Crippen molar-refractivity contribution in [2.45, 2.75) is 39.5 Å². The molecule has 6 heteroatoms. The maximum atomic E-state index is 5.66. The molecule has 0 aliphatic heterocycles. The fraction of sp³-hybridized carbons (Fsp3) is 0.867. The molecule has 0 aromatic carbocycles. The van der Waals surface area contributed by atoms with E-state index in [0.29, 0.717) is 49.8 Å². The first-order valence-electron chi connectivity index (χ1n) is 7.75. The molecule has 122 valence electrons. The summed E-state index contributed by atoms with van der Waals surface area (Å²) in [4.78, 5) is 4.40. The van der Waals surface area contributed by atoms with E-state index in [4.69, 9.17) is 19.7 Å². The topological polar surface area (TPSA) is 83.4 Å². The fourth-order valence-corrected chi connectivity index (χ4v) is 2.23. The van der Waals surface area contributed by atoms with Crippen LogP contribution >= 0.6 is 0 Å². The highest BCUT2D eigenvalue weighted by Crippen LogP contribution is 2.20. The SMILES string of the molecule is COCCOCCc1noc(CCC(CCN)C(C)C)n1. The van der Waals surface area contributed by atoms with E-state index >= 15 is 0 Å². The Hall–Kier alpha value is -0.980. The maximum absolute atomic E-state index is 5.66. The summed E-state index contributed by atoms with van der Waals surface area (Å²) in [6.45, 7) is 6.99. The molecule has 0 bridgehead atoms. The molecule has 0 aliphatic rings. The van der Waals surface area contributed by atoms with Crippen LogP contribution in [-0.2, 0) is 22.3 Å². The number of hydrogen-bond donors (Lipinski definition) is 1. The lowest BCUT2D eigenvalue weighted by Crippen LogP contribution is -2.15. The van der Waals surface area contributed by atoms with Gasteiger partial charge >= 0.3 is 0 Å². The van der Waals surface area contributed by atoms with Crippen molar-refractivity contribution in [1.29, 1.82) is 0 Å². The van der Waals surface area contributed by atoms with Gasteiger partial charge in [0.1, 0.15) is 0 Å². The van der Waals surface area contributed by atoms with Gasteiger partial charge in [0.2, 0.25) is 5.89 Å². The van der Waals surface area contributed by atoms with Crippen LogP contribution in [0.1, 0.15) is 38.4 Å². The van der Waals surface area contributed by atoms with Crippen molar-refractivity contribution in [3.8, 4) is 0 Å². The molecule has 2 N–H and O–H groups in total. The lowest BCUT2D eigenvalue weighted by atomic mass is 9.88. The molecule has 1 unspecified atom stereocenters. The van der Waals surface area contributed by atoms with Crippen molar-refractivity contribution in [2.24, 2.45) is 17.6 Å². The largest absolute Gasteiger partial charge is 0.382 e. The van der Waals surface area contributed by atoms with Crippen LogP contribution in [0.3, 0.4) is 0 Å². The molecule has 0 radical (unpaired) electrons. The van der Waals surface area contributed by atoms with Gasteiger partial charge in [-0.05, 0) is 31.2 Å². The lowest BCUT2D eigenvalue weighted by molar-refractivity contribution is 0.0714. The van der Waals surface area contributed by atoms with E-state index in [1.54, 1.807) is 7.11 Å². The first-order chi connectivity index (χ1) is 10.2. The van der Waals surface area contributed by atoms with E-state index in [0.717, 1.165) is 25.8 Å². The zero-order chi connectivity index (χ0) is 15.5. The Morgan fingerprint density at radius 1 is 1.14 bits per heavy atom. The summed E-state index contributed by atoms with van der Waals surface area (Å²) in [5, 5.41) is 3.98. The van der Waals surface area contributed by atoms with Crippen molar-refractivity contribution in [2.75, 3.05) is 33.5 Å². The predicted octanol–water partition coefficient (Wildman–Crippen LogP) is 1.83. The van der Waals surface area contributed by atoms with E-state index in [1.165, 1.54) is 0 Å². The molecule has 0 saturated carbocycles. The first kappa shape index (κ1) is 18.1. The van der Waals surface area contributed by atoms with Crippen LogP contribution in [0.4, 0.5) is 0 Å². The van der Waals surface area contributed by atoms with Crippen LogP contribution < -0.4 is 5.73 Å². The van der Waals surface area contributed by atoms with Crippen LogP contribution in [0.5, 0.6) is 0 Å². The van der Waals surface area contributed by atoms with Gasteiger partial charge in [-0.1, -0.05) is 19.0 Å². The summed E-state index contributed by atoms with van der Waals surface area (Å²) in [6, 6.07) is 0. The Bertz CT molecular complexity index is 369. The summed E-state index contributed by atoms with van der Waals surface area (Å²) in [7, 11) is 1.66. The van der Waals surface area contributed by atoms with Crippen LogP contribution in [0.2, 0.25) is 0 Å². The van der Waals surface area contributed by atoms with Crippen LogP contribution in [0.15, 0.2) is 4.52 Å². The van der Waals surface area contributed by atoms with Crippen LogP contribution in [0, 0.1) is 11.8 Å². The lowest BCUT2D eigenvalue weighted by Gasteiger charge is -2.18. The smallest absolute Gasteiger partial charge is 0.226 e. The van der Waals surface area contributed by atoms with E-state index in [9.17, 15) is 0 Å². The molecule has 6 nitrogen and oxygen atoms in total. The quantitative estimate of drug-likeness (QED) is 0.593. The summed E-state index contributed by atoms with van der Waals surface area (Å²) < 4.78 is 15.6. The van der Waals surface area contributed by atoms with E-state index in [1.807, 2.05) is 0 Å². The van der Waals surface area contributed by atoms with Gasteiger partial charge in [0.25, 0.3) is 0 Å². The molecule has 0 fully saturated rings. The number of hydrogen-bond acceptors (Lipinski definition) is 6. The van der Waals surface area contributed by atoms with Crippen molar-refractivity contribution in [1.82, 2.24) is 10.1 Å². The summed E-state index contributed by atoms with van der Waals surface area (Å²) in [6.07, 6.45) is 3.58. The average molecular weight is 299 g/mol. The number of aromatic nitrogens is 2. The number of nitrogens with zero attached hydrogens (tertiary/aromatic N) is 2. The van der Waals surface area contributed by atoms with Crippen molar-refractivity contribution in [3.63, 3.8) is 0 Å². The Morgan fingerprint density at radius 3 is 2.62 bits per heavy atom. The van der Waals surface area contributed by atoms with Gasteiger partial charge in [0, 0.05) is 20.0 Å². The third kappa shape index (κ3) is 7.55. The van der Waals surface area contributed by atoms with Crippen molar-refractivity contribution < 1.29 is 14.0 Å². The van der Waals surface area contributed by atoms with Gasteiger partial charge in [0.05, 0.1) is 19.8 Å². The molecular weight excluding hydrogens is 270 g/mol. The molecule has 1 heterocycles. The minimum atomic E-state index is 0.587. The summed E-state index contributed by atoms with van der Waals surface area (Å²) in [5.41, 5.74) is 5.66. The van der Waals surface area contributed by atoms with Gasteiger partial charge in [-0.25, -0.2) is 0 Å². The molecule has 0 saturated heterocycles. The molecule has 1 atom stereocenters. The van der Waals surface area contributed by atoms with E-state index < -0.39 is 0 Å². The fourth-order valence-electron chi connectivity index (χ4n) is 2.23. The maximum Gasteiger partial charge on any atom is 0.226 e. The molecule has 1 aromatic rings. The Kier molecular flexibility index (Phi) is 9.21. The predicted molar refractivity (Wildman–Crippen MR) is 81.0 cm³/mol. The summed E-state index contributed by atoms with van der Waals surface area (Å²) >= 11 is 0. The van der Waals surface area contributed by atoms with Gasteiger partial charge in [-0.15, -0.1) is 0 Å². The van der Waals surface area contributed by atoms with Gasteiger partial charge < -0.3 is 19.7 Å². The molecule has 21 heavy (non-hydrogen) atoms. The second-order valence-electron chi connectivity index (χ2n) is 5.58. The molecule has 0 amide bonds. The first-order valence-corrected chi connectivity index (χ1v) is 7.75. The highest BCUT2D eigenvalue weighted by Gasteiger charge is 2.15. The average Bonchev–Trinajstić information content (AvgIpc) is 2.91. The number of nitrogens with two attached hydrogens (primary N) is 1. The Balaban J connectivity index is 2.27. The zero-order valence-corrected chi connectivity index (χ0v) is 13.5. The third-order valence-corrected chi connectivity index (χ3v) is 3.62. The number of ether oxygens (including phenoxy) is 2. The standard InChI is InChI=1S/C15H29N3O3/c1-12(2)13(6-8-16)4-5-15-17-14(18-21-15)7-9-20-11-10-19-3/h12-13H,4-11,16H2,1-3H3. The van der Waals surface area contributed by atoms with Crippen molar-refractivity contribution >= 4 is 0 Å². The highest BCUT2D eigenvalue weighted by atomic mass is 16.5. The minimum absolute atomic E-state index is 0.587. The molecule has 0 spiro atoms. The van der Waals surface area contributed by atoms with Gasteiger partial charge in [-0.2, -0.15) is 4.98 Å². The third-order valence-electron chi connectivity index (χ3n) is 3.62. The van der Waals surface area contributed by atoms with E-state index in [2.05, 4.69) is 24.0 Å². The normalized spacial score (nSPS) is 13.0.